The zero-order valence-corrected chi connectivity index (χ0v) is 20.0. The SMILES string of the molecule is C/C=C(F)\C=C/Cc1c(-c2ccncn2)nc(-c2ccccc2)n1CCC(O)C[C@@H](O)CC(C)=O. The van der Waals surface area contributed by atoms with Crippen LogP contribution in [0.3, 0.4) is 0 Å². The summed E-state index contributed by atoms with van der Waals surface area (Å²) in [5.41, 5.74) is 3.01. The summed E-state index contributed by atoms with van der Waals surface area (Å²) >= 11 is 0. The molecule has 0 radical (unpaired) electrons. The van der Waals surface area contributed by atoms with E-state index in [2.05, 4.69) is 9.97 Å². The summed E-state index contributed by atoms with van der Waals surface area (Å²) in [6.45, 7) is 3.45. The van der Waals surface area contributed by atoms with Gasteiger partial charge >= 0.3 is 0 Å². The van der Waals surface area contributed by atoms with Crippen molar-refractivity contribution in [2.45, 2.75) is 58.3 Å². The highest BCUT2D eigenvalue weighted by Crippen LogP contribution is 2.30. The van der Waals surface area contributed by atoms with E-state index in [1.165, 1.54) is 25.4 Å². The van der Waals surface area contributed by atoms with Crippen LogP contribution in [0.1, 0.15) is 38.8 Å². The van der Waals surface area contributed by atoms with Gasteiger partial charge in [-0.1, -0.05) is 42.5 Å². The van der Waals surface area contributed by atoms with Crippen molar-refractivity contribution in [2.24, 2.45) is 0 Å². The number of benzene rings is 1. The molecular formula is C27H31FN4O3. The maximum atomic E-state index is 13.7. The Bertz CT molecular complexity index is 1160. The first-order chi connectivity index (χ1) is 16.9. The minimum atomic E-state index is -0.887. The van der Waals surface area contributed by atoms with Gasteiger partial charge in [0.1, 0.15) is 29.5 Å². The van der Waals surface area contributed by atoms with E-state index in [0.29, 0.717) is 36.6 Å². The van der Waals surface area contributed by atoms with Gasteiger partial charge in [0.15, 0.2) is 0 Å². The van der Waals surface area contributed by atoms with Crippen molar-refractivity contribution in [1.29, 1.82) is 0 Å². The molecule has 1 unspecified atom stereocenters. The summed E-state index contributed by atoms with van der Waals surface area (Å²) in [5, 5.41) is 20.6. The van der Waals surface area contributed by atoms with Gasteiger partial charge in [0, 0.05) is 31.1 Å². The predicted octanol–water partition coefficient (Wildman–Crippen LogP) is 4.46. The topological polar surface area (TPSA) is 101 Å². The lowest BCUT2D eigenvalue weighted by Gasteiger charge is -2.17. The number of hydrogen-bond acceptors (Lipinski definition) is 6. The molecule has 2 N–H and O–H groups in total. The molecule has 2 aromatic heterocycles. The molecule has 2 atom stereocenters. The Hall–Kier alpha value is -3.49. The number of nitrogens with zero attached hydrogens (tertiary/aromatic N) is 4. The summed E-state index contributed by atoms with van der Waals surface area (Å²) in [6.07, 6.45) is 6.79. The fourth-order valence-electron chi connectivity index (χ4n) is 3.88. The van der Waals surface area contributed by atoms with Gasteiger partial charge in [0.25, 0.3) is 0 Å². The average Bonchev–Trinajstić information content (AvgIpc) is 3.21. The first-order valence-corrected chi connectivity index (χ1v) is 11.6. The number of ketones is 1. The van der Waals surface area contributed by atoms with Crippen LogP contribution < -0.4 is 0 Å². The Kier molecular flexibility index (Phi) is 9.57. The van der Waals surface area contributed by atoms with Crippen molar-refractivity contribution in [1.82, 2.24) is 19.5 Å². The van der Waals surface area contributed by atoms with Crippen LogP contribution in [0.15, 0.2) is 73.0 Å². The van der Waals surface area contributed by atoms with Crippen molar-refractivity contribution in [3.63, 3.8) is 0 Å². The zero-order chi connectivity index (χ0) is 25.2. The lowest BCUT2D eigenvalue weighted by atomic mass is 10.0. The van der Waals surface area contributed by atoms with Crippen LogP contribution in [-0.2, 0) is 17.8 Å². The molecule has 0 saturated carbocycles. The van der Waals surface area contributed by atoms with Crippen molar-refractivity contribution < 1.29 is 19.4 Å². The van der Waals surface area contributed by atoms with E-state index >= 15 is 0 Å². The van der Waals surface area contributed by atoms with Gasteiger partial charge in [-0.15, -0.1) is 0 Å². The van der Waals surface area contributed by atoms with Crippen LogP contribution in [0, 0.1) is 0 Å². The molecule has 0 saturated heterocycles. The molecule has 184 valence electrons. The molecule has 0 aliphatic carbocycles. The summed E-state index contributed by atoms with van der Waals surface area (Å²) in [5.74, 6) is 0.242. The second kappa shape index (κ2) is 12.8. The van der Waals surface area contributed by atoms with E-state index < -0.39 is 12.2 Å². The second-order valence-electron chi connectivity index (χ2n) is 8.36. The summed E-state index contributed by atoms with van der Waals surface area (Å²) in [7, 11) is 0. The summed E-state index contributed by atoms with van der Waals surface area (Å²) in [6, 6.07) is 11.4. The highest BCUT2D eigenvalue weighted by Gasteiger charge is 2.21. The molecule has 0 fully saturated rings. The van der Waals surface area contributed by atoms with Crippen molar-refractivity contribution in [2.75, 3.05) is 0 Å². The summed E-state index contributed by atoms with van der Waals surface area (Å²) < 4.78 is 15.8. The second-order valence-corrected chi connectivity index (χ2v) is 8.36. The lowest BCUT2D eigenvalue weighted by Crippen LogP contribution is -2.21. The van der Waals surface area contributed by atoms with Gasteiger partial charge < -0.3 is 14.8 Å². The van der Waals surface area contributed by atoms with E-state index in [-0.39, 0.29) is 24.5 Å². The largest absolute Gasteiger partial charge is 0.393 e. The number of Topliss-reactive ketones (excluding diaryl/α,β-unsaturated/α-hetero) is 1. The van der Waals surface area contributed by atoms with E-state index in [9.17, 15) is 19.4 Å². The molecule has 0 aliphatic rings. The van der Waals surface area contributed by atoms with Gasteiger partial charge in [0.05, 0.1) is 23.6 Å². The third-order valence-electron chi connectivity index (χ3n) is 5.55. The molecule has 0 aliphatic heterocycles. The standard InChI is InChI=1S/C27H31FN4O3/c1-3-21(28)10-7-11-25-26(24-12-14-29-18-30-24)31-27(20-8-5-4-6-9-20)32(25)15-13-22(34)17-23(35)16-19(2)33/h3-10,12,14,18,22-23,34-35H,11,13,15-17H2,1-2H3/b10-7-,21-3+/t22?,23-/m0/s1. The number of carbonyl (C=O) groups excluding carboxylic acids is 1. The number of aliphatic hydroxyl groups excluding tert-OH is 2. The Morgan fingerprint density at radius 3 is 2.60 bits per heavy atom. The van der Waals surface area contributed by atoms with Crippen LogP contribution in [0.5, 0.6) is 0 Å². The third-order valence-corrected chi connectivity index (χ3v) is 5.55. The molecule has 2 heterocycles. The molecule has 0 bridgehead atoms. The van der Waals surface area contributed by atoms with Gasteiger partial charge in [-0.2, -0.15) is 0 Å². The molecule has 35 heavy (non-hydrogen) atoms. The minimum absolute atomic E-state index is 0.0157. The molecule has 0 spiro atoms. The fraction of sp³-hybridized carbons (Fsp3) is 0.333. The number of rotatable bonds is 12. The number of imidazole rings is 1. The van der Waals surface area contributed by atoms with Gasteiger partial charge in [0.2, 0.25) is 0 Å². The smallest absolute Gasteiger partial charge is 0.140 e. The number of aliphatic hydroxyl groups is 2. The third kappa shape index (κ3) is 7.50. The van der Waals surface area contributed by atoms with Crippen LogP contribution in [0.2, 0.25) is 0 Å². The Morgan fingerprint density at radius 1 is 1.17 bits per heavy atom. The summed E-state index contributed by atoms with van der Waals surface area (Å²) in [4.78, 5) is 24.5. The molecule has 7 nitrogen and oxygen atoms in total. The van der Waals surface area contributed by atoms with E-state index in [1.54, 1.807) is 25.3 Å². The minimum Gasteiger partial charge on any atom is -0.393 e. The first kappa shape index (κ1) is 26.1. The van der Waals surface area contributed by atoms with E-state index in [1.807, 2.05) is 34.9 Å². The highest BCUT2D eigenvalue weighted by atomic mass is 19.1. The number of aromatic nitrogens is 4. The van der Waals surface area contributed by atoms with Gasteiger partial charge in [-0.25, -0.2) is 19.3 Å². The van der Waals surface area contributed by atoms with Gasteiger partial charge in [-0.05, 0) is 38.8 Å². The maximum Gasteiger partial charge on any atom is 0.140 e. The lowest BCUT2D eigenvalue weighted by molar-refractivity contribution is -0.119. The number of carbonyl (C=O) groups is 1. The van der Waals surface area contributed by atoms with Crippen molar-refractivity contribution in [3.05, 3.63) is 78.7 Å². The molecule has 3 aromatic rings. The van der Waals surface area contributed by atoms with Crippen LogP contribution >= 0.6 is 0 Å². The molecule has 1 aromatic carbocycles. The quantitative estimate of drug-likeness (QED) is 0.373. The van der Waals surface area contributed by atoms with Crippen LogP contribution in [0.25, 0.3) is 22.8 Å². The van der Waals surface area contributed by atoms with E-state index in [4.69, 9.17) is 4.98 Å². The monoisotopic (exact) mass is 478 g/mol. The maximum absolute atomic E-state index is 13.7. The Labute approximate surface area is 204 Å². The Balaban J connectivity index is 2.00. The highest BCUT2D eigenvalue weighted by molar-refractivity contribution is 5.75. The fourth-order valence-corrected chi connectivity index (χ4v) is 3.88. The van der Waals surface area contributed by atoms with E-state index in [0.717, 1.165) is 11.3 Å². The molecule has 0 amide bonds. The average molecular weight is 479 g/mol. The first-order valence-electron chi connectivity index (χ1n) is 11.6. The Morgan fingerprint density at radius 2 is 1.94 bits per heavy atom. The molecule has 3 rings (SSSR count). The molecule has 8 heteroatoms. The number of hydrogen-bond donors (Lipinski definition) is 2. The van der Waals surface area contributed by atoms with Crippen molar-refractivity contribution >= 4 is 5.78 Å². The molecular weight excluding hydrogens is 447 g/mol. The number of halogens is 1. The zero-order valence-electron chi connectivity index (χ0n) is 20.0. The predicted molar refractivity (Wildman–Crippen MR) is 133 cm³/mol. The van der Waals surface area contributed by atoms with Gasteiger partial charge in [-0.3, -0.25) is 4.79 Å². The van der Waals surface area contributed by atoms with Crippen LogP contribution in [-0.4, -0.2) is 47.7 Å². The number of allylic oxidation sites excluding steroid dienone is 4. The van der Waals surface area contributed by atoms with Crippen molar-refractivity contribution in [3.8, 4) is 22.8 Å². The normalized spacial score (nSPS) is 13.8. The van der Waals surface area contributed by atoms with Crippen LogP contribution in [0.4, 0.5) is 4.39 Å².